The van der Waals surface area contributed by atoms with Gasteiger partial charge in [0.25, 0.3) is 5.91 Å². The van der Waals surface area contributed by atoms with Crippen molar-refractivity contribution in [2.24, 2.45) is 0 Å². The van der Waals surface area contributed by atoms with E-state index in [1.165, 1.54) is 4.68 Å². The van der Waals surface area contributed by atoms with Crippen LogP contribution in [0.3, 0.4) is 0 Å². The average molecular weight is 391 g/mol. The summed E-state index contributed by atoms with van der Waals surface area (Å²) in [6.45, 7) is 3.94. The number of aromatic nitrogens is 3. The minimum Gasteiger partial charge on any atom is -0.497 e. The van der Waals surface area contributed by atoms with E-state index >= 15 is 0 Å². The van der Waals surface area contributed by atoms with Crippen LogP contribution in [0.25, 0.3) is 11.4 Å². The van der Waals surface area contributed by atoms with Gasteiger partial charge in [-0.25, -0.2) is 4.68 Å². The fourth-order valence-electron chi connectivity index (χ4n) is 3.41. The van der Waals surface area contributed by atoms with E-state index in [2.05, 4.69) is 20.7 Å². The number of nitrogens with zero attached hydrogens (tertiary/aromatic N) is 3. The number of methoxy groups -OCH3 is 1. The number of amides is 2. The Balaban J connectivity index is 1.51. The number of carbonyl (C=O) groups is 2. The average Bonchev–Trinajstić information content (AvgIpc) is 3.20. The van der Waals surface area contributed by atoms with Crippen LogP contribution in [0.5, 0.6) is 5.75 Å². The SMILES string of the molecule is COc1ccc(-c2nc3n(n2)[C@@H](CC(=O)Nc2cc(C)cc(C)c2)C(=O)N3)cc1. The van der Waals surface area contributed by atoms with Crippen molar-refractivity contribution in [1.29, 1.82) is 0 Å². The number of hydrogen-bond acceptors (Lipinski definition) is 5. The molecule has 1 aromatic heterocycles. The third-order valence-electron chi connectivity index (χ3n) is 4.70. The van der Waals surface area contributed by atoms with Gasteiger partial charge >= 0.3 is 0 Å². The Bertz CT molecular complexity index is 1070. The van der Waals surface area contributed by atoms with E-state index in [0.29, 0.717) is 17.5 Å². The number of nitrogens with one attached hydrogen (secondary N) is 2. The van der Waals surface area contributed by atoms with Crippen molar-refractivity contribution < 1.29 is 14.3 Å². The number of aryl methyl sites for hydroxylation is 2. The predicted molar refractivity (Wildman–Crippen MR) is 109 cm³/mol. The highest BCUT2D eigenvalue weighted by atomic mass is 16.5. The Morgan fingerprint density at radius 1 is 1.17 bits per heavy atom. The maximum absolute atomic E-state index is 12.5. The molecular weight excluding hydrogens is 370 g/mol. The summed E-state index contributed by atoms with van der Waals surface area (Å²) in [5.41, 5.74) is 3.62. The molecule has 0 radical (unpaired) electrons. The number of fused-ring (bicyclic) bond motifs is 1. The van der Waals surface area contributed by atoms with Crippen LogP contribution in [-0.4, -0.2) is 33.7 Å². The minimum atomic E-state index is -0.740. The summed E-state index contributed by atoms with van der Waals surface area (Å²) in [4.78, 5) is 29.2. The standard InChI is InChI=1S/C21H21N5O3/c1-12-8-13(2)10-15(9-12)22-18(27)11-17-20(28)24-21-23-19(25-26(17)21)14-4-6-16(29-3)7-5-14/h4-10,17H,11H2,1-3H3,(H,22,27)(H,23,24,25,28)/t17-/m0/s1. The van der Waals surface area contributed by atoms with Gasteiger partial charge in [0.2, 0.25) is 11.9 Å². The van der Waals surface area contributed by atoms with Crippen molar-refractivity contribution in [3.8, 4) is 17.1 Å². The third-order valence-corrected chi connectivity index (χ3v) is 4.70. The summed E-state index contributed by atoms with van der Waals surface area (Å²) in [6.07, 6.45) is -0.0305. The van der Waals surface area contributed by atoms with Crippen molar-refractivity contribution in [3.05, 3.63) is 53.6 Å². The largest absolute Gasteiger partial charge is 0.497 e. The van der Waals surface area contributed by atoms with Crippen LogP contribution in [-0.2, 0) is 9.59 Å². The summed E-state index contributed by atoms with van der Waals surface area (Å²) in [7, 11) is 1.60. The lowest BCUT2D eigenvalue weighted by Crippen LogP contribution is -2.23. The molecule has 2 aromatic carbocycles. The number of benzene rings is 2. The lowest BCUT2D eigenvalue weighted by Gasteiger charge is -2.11. The third kappa shape index (κ3) is 3.82. The minimum absolute atomic E-state index is 0.0305. The van der Waals surface area contributed by atoms with Gasteiger partial charge in [-0.3, -0.25) is 14.9 Å². The highest BCUT2D eigenvalue weighted by Gasteiger charge is 2.35. The van der Waals surface area contributed by atoms with Gasteiger partial charge in [-0.2, -0.15) is 4.98 Å². The van der Waals surface area contributed by atoms with Crippen LogP contribution in [0.4, 0.5) is 11.6 Å². The zero-order chi connectivity index (χ0) is 20.5. The quantitative estimate of drug-likeness (QED) is 0.696. The van der Waals surface area contributed by atoms with Crippen molar-refractivity contribution >= 4 is 23.5 Å². The van der Waals surface area contributed by atoms with E-state index < -0.39 is 6.04 Å². The Kier molecular flexibility index (Phi) is 4.75. The Hall–Kier alpha value is -3.68. The molecule has 29 heavy (non-hydrogen) atoms. The van der Waals surface area contributed by atoms with Gasteiger partial charge in [-0.1, -0.05) is 6.07 Å². The smallest absolute Gasteiger partial charge is 0.252 e. The van der Waals surface area contributed by atoms with E-state index in [4.69, 9.17) is 4.74 Å². The van der Waals surface area contributed by atoms with Gasteiger partial charge in [0.1, 0.15) is 11.8 Å². The van der Waals surface area contributed by atoms with Gasteiger partial charge in [0, 0.05) is 11.3 Å². The van der Waals surface area contributed by atoms with Crippen LogP contribution in [0, 0.1) is 13.8 Å². The molecule has 2 N–H and O–H groups in total. The number of anilines is 2. The first-order chi connectivity index (χ1) is 13.9. The maximum atomic E-state index is 12.5. The van der Waals surface area contributed by atoms with Crippen molar-refractivity contribution in [3.63, 3.8) is 0 Å². The van der Waals surface area contributed by atoms with Gasteiger partial charge < -0.3 is 10.1 Å². The first-order valence-electron chi connectivity index (χ1n) is 9.23. The molecule has 148 valence electrons. The molecule has 1 aliphatic heterocycles. The first kappa shape index (κ1) is 18.7. The molecule has 2 amide bonds. The number of ether oxygens (including phenoxy) is 1. The molecule has 0 saturated carbocycles. The first-order valence-corrected chi connectivity index (χ1v) is 9.23. The molecule has 3 aromatic rings. The lowest BCUT2D eigenvalue weighted by atomic mass is 10.1. The summed E-state index contributed by atoms with van der Waals surface area (Å²) in [5, 5.41) is 9.99. The summed E-state index contributed by atoms with van der Waals surface area (Å²) in [6, 6.07) is 12.4. The predicted octanol–water partition coefficient (Wildman–Crippen LogP) is 3.09. The zero-order valence-electron chi connectivity index (χ0n) is 16.4. The number of hydrogen-bond donors (Lipinski definition) is 2. The summed E-state index contributed by atoms with van der Waals surface area (Å²) in [5.74, 6) is 0.989. The van der Waals surface area contributed by atoms with Gasteiger partial charge in [-0.05, 0) is 61.4 Å². The topological polar surface area (TPSA) is 98.1 Å². The Morgan fingerprint density at radius 3 is 2.52 bits per heavy atom. The highest BCUT2D eigenvalue weighted by Crippen LogP contribution is 2.29. The normalized spacial score (nSPS) is 15.0. The van der Waals surface area contributed by atoms with Crippen molar-refractivity contribution in [1.82, 2.24) is 14.8 Å². The molecule has 0 aliphatic carbocycles. The molecule has 0 bridgehead atoms. The van der Waals surface area contributed by atoms with E-state index in [-0.39, 0.29) is 18.2 Å². The highest BCUT2D eigenvalue weighted by molar-refractivity contribution is 6.01. The summed E-state index contributed by atoms with van der Waals surface area (Å²) < 4.78 is 6.63. The van der Waals surface area contributed by atoms with Crippen molar-refractivity contribution in [2.75, 3.05) is 17.7 Å². The van der Waals surface area contributed by atoms with E-state index in [1.807, 2.05) is 56.3 Å². The monoisotopic (exact) mass is 391 g/mol. The van der Waals surface area contributed by atoms with Gasteiger partial charge in [0.05, 0.1) is 13.5 Å². The van der Waals surface area contributed by atoms with Gasteiger partial charge in [0.15, 0.2) is 5.82 Å². The van der Waals surface area contributed by atoms with Gasteiger partial charge in [-0.15, -0.1) is 5.10 Å². The van der Waals surface area contributed by atoms with E-state index in [1.54, 1.807) is 7.11 Å². The van der Waals surface area contributed by atoms with Crippen LogP contribution < -0.4 is 15.4 Å². The molecule has 1 atom stereocenters. The van der Waals surface area contributed by atoms with E-state index in [9.17, 15) is 9.59 Å². The molecule has 8 nitrogen and oxygen atoms in total. The molecule has 8 heteroatoms. The second kappa shape index (κ2) is 7.38. The second-order valence-electron chi connectivity index (χ2n) is 7.07. The van der Waals surface area contributed by atoms with Crippen LogP contribution in [0.15, 0.2) is 42.5 Å². The van der Waals surface area contributed by atoms with E-state index in [0.717, 1.165) is 22.4 Å². The summed E-state index contributed by atoms with van der Waals surface area (Å²) >= 11 is 0. The fraction of sp³-hybridized carbons (Fsp3) is 0.238. The molecule has 4 rings (SSSR count). The second-order valence-corrected chi connectivity index (χ2v) is 7.07. The Morgan fingerprint density at radius 2 is 1.86 bits per heavy atom. The number of rotatable bonds is 5. The van der Waals surface area contributed by atoms with Crippen LogP contribution in [0.2, 0.25) is 0 Å². The number of carbonyl (C=O) groups excluding carboxylic acids is 2. The fourth-order valence-corrected chi connectivity index (χ4v) is 3.41. The van der Waals surface area contributed by atoms with Crippen LogP contribution in [0.1, 0.15) is 23.6 Å². The molecule has 0 unspecified atom stereocenters. The molecule has 1 aliphatic rings. The lowest BCUT2D eigenvalue weighted by molar-refractivity contribution is -0.123. The molecule has 0 spiro atoms. The van der Waals surface area contributed by atoms with Crippen molar-refractivity contribution in [2.45, 2.75) is 26.3 Å². The maximum Gasteiger partial charge on any atom is 0.252 e. The molecule has 2 heterocycles. The molecule has 0 fully saturated rings. The van der Waals surface area contributed by atoms with Crippen LogP contribution >= 0.6 is 0 Å². The molecule has 0 saturated heterocycles. The zero-order valence-corrected chi connectivity index (χ0v) is 16.4. The Labute approximate surface area is 167 Å². The molecular formula is C21H21N5O3.